The van der Waals surface area contributed by atoms with Crippen LogP contribution in [-0.2, 0) is 0 Å². The molecule has 0 aromatic heterocycles. The molecule has 0 aromatic rings. The number of rotatable bonds is 2. The van der Waals surface area contributed by atoms with E-state index >= 15 is 0 Å². The number of nitrogens with one attached hydrogen (secondary N) is 1. The fourth-order valence-corrected chi connectivity index (χ4v) is 1.38. The van der Waals surface area contributed by atoms with Crippen LogP contribution in [0.5, 0.6) is 0 Å². The van der Waals surface area contributed by atoms with Crippen molar-refractivity contribution in [2.75, 3.05) is 7.05 Å². The summed E-state index contributed by atoms with van der Waals surface area (Å²) >= 11 is 0. The predicted octanol–water partition coefficient (Wildman–Crippen LogP) is 3.59. The van der Waals surface area contributed by atoms with Crippen LogP contribution in [0.2, 0.25) is 0 Å². The third-order valence-corrected chi connectivity index (χ3v) is 2.52. The van der Waals surface area contributed by atoms with Gasteiger partial charge in [0.05, 0.1) is 0 Å². The molecule has 0 aliphatic heterocycles. The Morgan fingerprint density at radius 3 is 1.50 bits per heavy atom. The lowest BCUT2D eigenvalue weighted by Gasteiger charge is -2.41. The molecule has 1 saturated carbocycles. The molecule has 0 radical (unpaired) electrons. The standard InChI is InChI=1S/C7H15N.2C2H6/c1-3-7(8-2)5-4-6-7;2*1-2/h8H,3-6H2,1-2H3;2*1-2H3. The summed E-state index contributed by atoms with van der Waals surface area (Å²) in [6, 6.07) is 0. The Morgan fingerprint density at radius 2 is 1.50 bits per heavy atom. The van der Waals surface area contributed by atoms with Crippen LogP contribution in [0.4, 0.5) is 0 Å². The summed E-state index contributed by atoms with van der Waals surface area (Å²) in [5.74, 6) is 0. The minimum atomic E-state index is 0.556. The first-order valence-electron chi connectivity index (χ1n) is 5.52. The molecule has 0 unspecified atom stereocenters. The molecule has 0 aromatic carbocycles. The highest BCUT2D eigenvalue weighted by atomic mass is 15.0. The van der Waals surface area contributed by atoms with E-state index < -0.39 is 0 Å². The minimum absolute atomic E-state index is 0.556. The lowest BCUT2D eigenvalue weighted by Crippen LogP contribution is -2.48. The fourth-order valence-electron chi connectivity index (χ4n) is 1.38. The summed E-state index contributed by atoms with van der Waals surface area (Å²) in [7, 11) is 2.07. The van der Waals surface area contributed by atoms with Crippen molar-refractivity contribution in [2.24, 2.45) is 0 Å². The average molecular weight is 173 g/mol. The molecule has 1 N–H and O–H groups in total. The van der Waals surface area contributed by atoms with Gasteiger partial charge in [0.2, 0.25) is 0 Å². The van der Waals surface area contributed by atoms with E-state index in [1.165, 1.54) is 25.7 Å². The van der Waals surface area contributed by atoms with Crippen molar-refractivity contribution in [3.8, 4) is 0 Å². The Kier molecular flexibility index (Phi) is 10.9. The first-order chi connectivity index (χ1) is 5.83. The molecule has 0 saturated heterocycles. The average Bonchev–Trinajstić information content (AvgIpc) is 2.12. The maximum Gasteiger partial charge on any atom is 0.0175 e. The van der Waals surface area contributed by atoms with Gasteiger partial charge >= 0.3 is 0 Å². The molecule has 1 aliphatic carbocycles. The Balaban J connectivity index is 0. The molecule has 0 bridgehead atoms. The lowest BCUT2D eigenvalue weighted by molar-refractivity contribution is 0.192. The van der Waals surface area contributed by atoms with Crippen LogP contribution in [0.15, 0.2) is 0 Å². The van der Waals surface area contributed by atoms with Gasteiger partial charge in [-0.2, -0.15) is 0 Å². The largest absolute Gasteiger partial charge is 0.314 e. The molecule has 0 heterocycles. The van der Waals surface area contributed by atoms with Gasteiger partial charge in [0, 0.05) is 5.54 Å². The van der Waals surface area contributed by atoms with E-state index in [-0.39, 0.29) is 0 Å². The normalized spacial score (nSPS) is 17.5. The lowest BCUT2D eigenvalue weighted by atomic mass is 9.75. The molecule has 1 fully saturated rings. The fraction of sp³-hybridized carbons (Fsp3) is 1.00. The van der Waals surface area contributed by atoms with Gasteiger partial charge in [-0.05, 0) is 32.7 Å². The molecule has 0 atom stereocenters. The predicted molar refractivity (Wildman–Crippen MR) is 58.6 cm³/mol. The van der Waals surface area contributed by atoms with Gasteiger partial charge in [-0.3, -0.25) is 0 Å². The van der Waals surface area contributed by atoms with E-state index in [0.717, 1.165) is 0 Å². The van der Waals surface area contributed by atoms with Gasteiger partial charge in [0.15, 0.2) is 0 Å². The molecular weight excluding hydrogens is 146 g/mol. The highest BCUT2D eigenvalue weighted by Gasteiger charge is 2.32. The topological polar surface area (TPSA) is 12.0 Å². The molecule has 1 nitrogen and oxygen atoms in total. The van der Waals surface area contributed by atoms with Gasteiger partial charge in [-0.15, -0.1) is 0 Å². The summed E-state index contributed by atoms with van der Waals surface area (Å²) in [4.78, 5) is 0. The second-order valence-corrected chi connectivity index (χ2v) is 2.74. The van der Waals surface area contributed by atoms with Crippen molar-refractivity contribution >= 4 is 0 Å². The summed E-state index contributed by atoms with van der Waals surface area (Å²) in [5.41, 5.74) is 0.556. The Labute approximate surface area is 78.9 Å². The zero-order chi connectivity index (χ0) is 10.0. The number of hydrogen-bond acceptors (Lipinski definition) is 1. The quantitative estimate of drug-likeness (QED) is 0.673. The maximum atomic E-state index is 3.36. The van der Waals surface area contributed by atoms with Crippen LogP contribution in [0.25, 0.3) is 0 Å². The molecule has 1 rings (SSSR count). The van der Waals surface area contributed by atoms with E-state index in [4.69, 9.17) is 0 Å². The van der Waals surface area contributed by atoms with Gasteiger partial charge < -0.3 is 5.32 Å². The van der Waals surface area contributed by atoms with Crippen LogP contribution < -0.4 is 5.32 Å². The molecule has 1 heteroatoms. The van der Waals surface area contributed by atoms with Crippen LogP contribution >= 0.6 is 0 Å². The van der Waals surface area contributed by atoms with E-state index in [1.54, 1.807) is 0 Å². The van der Waals surface area contributed by atoms with Crippen molar-refractivity contribution in [1.29, 1.82) is 0 Å². The van der Waals surface area contributed by atoms with Crippen molar-refractivity contribution < 1.29 is 0 Å². The van der Waals surface area contributed by atoms with Crippen LogP contribution in [0, 0.1) is 0 Å². The molecule has 0 amide bonds. The Hall–Kier alpha value is -0.0400. The monoisotopic (exact) mass is 173 g/mol. The second kappa shape index (κ2) is 9.05. The van der Waals surface area contributed by atoms with E-state index in [0.29, 0.717) is 5.54 Å². The Bertz CT molecular complexity index is 61.6. The minimum Gasteiger partial charge on any atom is -0.314 e. The second-order valence-electron chi connectivity index (χ2n) is 2.74. The number of hydrogen-bond donors (Lipinski definition) is 1. The molecule has 76 valence electrons. The smallest absolute Gasteiger partial charge is 0.0175 e. The van der Waals surface area contributed by atoms with Crippen LogP contribution in [0.1, 0.15) is 60.3 Å². The zero-order valence-corrected chi connectivity index (χ0v) is 9.83. The van der Waals surface area contributed by atoms with Crippen LogP contribution in [0.3, 0.4) is 0 Å². The zero-order valence-electron chi connectivity index (χ0n) is 9.83. The molecular formula is C11H27N. The summed E-state index contributed by atoms with van der Waals surface area (Å²) < 4.78 is 0. The molecule has 12 heavy (non-hydrogen) atoms. The van der Waals surface area contributed by atoms with Crippen molar-refractivity contribution in [1.82, 2.24) is 5.32 Å². The SMILES string of the molecule is CC.CC.CCC1(NC)CCC1. The van der Waals surface area contributed by atoms with Gasteiger partial charge in [-0.25, -0.2) is 0 Å². The van der Waals surface area contributed by atoms with Crippen molar-refractivity contribution in [2.45, 2.75) is 65.8 Å². The molecule has 1 aliphatic rings. The van der Waals surface area contributed by atoms with Crippen LogP contribution in [-0.4, -0.2) is 12.6 Å². The highest BCUT2D eigenvalue weighted by Crippen LogP contribution is 2.33. The maximum absolute atomic E-state index is 3.36. The van der Waals surface area contributed by atoms with Gasteiger partial charge in [-0.1, -0.05) is 34.6 Å². The summed E-state index contributed by atoms with van der Waals surface area (Å²) in [5, 5.41) is 3.36. The van der Waals surface area contributed by atoms with Gasteiger partial charge in [0.25, 0.3) is 0 Å². The van der Waals surface area contributed by atoms with Gasteiger partial charge in [0.1, 0.15) is 0 Å². The van der Waals surface area contributed by atoms with E-state index in [1.807, 2.05) is 27.7 Å². The van der Waals surface area contributed by atoms with E-state index in [2.05, 4.69) is 19.3 Å². The molecule has 0 spiro atoms. The third kappa shape index (κ3) is 4.10. The highest BCUT2D eigenvalue weighted by molar-refractivity contribution is 4.93. The summed E-state index contributed by atoms with van der Waals surface area (Å²) in [6.45, 7) is 10.3. The third-order valence-electron chi connectivity index (χ3n) is 2.52. The van der Waals surface area contributed by atoms with Crippen molar-refractivity contribution in [3.05, 3.63) is 0 Å². The van der Waals surface area contributed by atoms with Crippen molar-refractivity contribution in [3.63, 3.8) is 0 Å². The summed E-state index contributed by atoms with van der Waals surface area (Å²) in [6.07, 6.45) is 5.50. The first kappa shape index (κ1) is 14.5. The first-order valence-corrected chi connectivity index (χ1v) is 5.52. The Morgan fingerprint density at radius 1 is 1.08 bits per heavy atom. The van der Waals surface area contributed by atoms with E-state index in [9.17, 15) is 0 Å².